The first kappa shape index (κ1) is 20.3. The van der Waals surface area contributed by atoms with Gasteiger partial charge in [0.25, 0.3) is 0 Å². The van der Waals surface area contributed by atoms with Gasteiger partial charge in [-0.3, -0.25) is 4.79 Å². The molecule has 1 aliphatic heterocycles. The Hall–Kier alpha value is -1.41. The highest BCUT2D eigenvalue weighted by Crippen LogP contribution is 2.26. The summed E-state index contributed by atoms with van der Waals surface area (Å²) >= 11 is 9.26. The van der Waals surface area contributed by atoms with Crippen LogP contribution in [0.25, 0.3) is 0 Å². The first-order valence-corrected chi connectivity index (χ1v) is 11.3. The summed E-state index contributed by atoms with van der Waals surface area (Å²) in [6.45, 7) is 0.684. The van der Waals surface area contributed by atoms with Crippen LogP contribution >= 0.6 is 27.5 Å². The van der Waals surface area contributed by atoms with E-state index in [0.29, 0.717) is 24.5 Å². The normalized spacial score (nSPS) is 18.2. The Kier molecular flexibility index (Phi) is 6.57. The molecule has 0 radical (unpaired) electrons. The highest BCUT2D eigenvalue weighted by atomic mass is 79.9. The zero-order chi connectivity index (χ0) is 19.4. The highest BCUT2D eigenvalue weighted by Gasteiger charge is 2.37. The molecule has 27 heavy (non-hydrogen) atoms. The maximum atomic E-state index is 13.0. The lowest BCUT2D eigenvalue weighted by Gasteiger charge is -2.33. The molecule has 0 saturated carbocycles. The van der Waals surface area contributed by atoms with Gasteiger partial charge >= 0.3 is 0 Å². The zero-order valence-corrected chi connectivity index (χ0v) is 17.7. The molecule has 1 atom stereocenters. The molecule has 1 saturated heterocycles. The average Bonchev–Trinajstić information content (AvgIpc) is 2.66. The van der Waals surface area contributed by atoms with Gasteiger partial charge in [-0.05, 0) is 54.8 Å². The monoisotopic (exact) mass is 470 g/mol. The van der Waals surface area contributed by atoms with Gasteiger partial charge in [0.15, 0.2) is 0 Å². The van der Waals surface area contributed by atoms with Crippen LogP contribution in [0.1, 0.15) is 24.8 Å². The van der Waals surface area contributed by atoms with Crippen LogP contribution in [0.3, 0.4) is 0 Å². The van der Waals surface area contributed by atoms with E-state index in [9.17, 15) is 13.2 Å². The molecule has 0 bridgehead atoms. The quantitative estimate of drug-likeness (QED) is 0.718. The smallest absolute Gasteiger partial charge is 0.243 e. The molecule has 144 valence electrons. The first-order valence-electron chi connectivity index (χ1n) is 8.67. The van der Waals surface area contributed by atoms with Crippen molar-refractivity contribution in [3.8, 4) is 0 Å². The van der Waals surface area contributed by atoms with Gasteiger partial charge in [0.1, 0.15) is 6.04 Å². The molecule has 1 aliphatic rings. The summed E-state index contributed by atoms with van der Waals surface area (Å²) in [5, 5.41) is 3.34. The number of carbonyl (C=O) groups is 1. The summed E-state index contributed by atoms with van der Waals surface area (Å²) < 4.78 is 28.3. The van der Waals surface area contributed by atoms with Crippen molar-refractivity contribution in [2.75, 3.05) is 6.54 Å². The Bertz CT molecular complexity index is 919. The number of hydrogen-bond donors (Lipinski definition) is 1. The van der Waals surface area contributed by atoms with Crippen LogP contribution < -0.4 is 5.32 Å². The largest absolute Gasteiger partial charge is 0.351 e. The van der Waals surface area contributed by atoms with Crippen LogP contribution in [0.4, 0.5) is 0 Å². The number of piperidine rings is 1. The Balaban J connectivity index is 1.76. The Morgan fingerprint density at radius 1 is 1.19 bits per heavy atom. The summed E-state index contributed by atoms with van der Waals surface area (Å²) in [6.07, 6.45) is 2.07. The summed E-state index contributed by atoms with van der Waals surface area (Å²) in [5.41, 5.74) is 0.945. The van der Waals surface area contributed by atoms with E-state index in [2.05, 4.69) is 21.2 Å². The fourth-order valence-electron chi connectivity index (χ4n) is 3.15. The molecule has 1 fully saturated rings. The third-order valence-electron chi connectivity index (χ3n) is 4.53. The number of sulfonamides is 1. The molecule has 8 heteroatoms. The number of carbonyl (C=O) groups excluding carboxylic acids is 1. The van der Waals surface area contributed by atoms with Crippen LogP contribution in [0, 0.1) is 0 Å². The van der Waals surface area contributed by atoms with Crippen molar-refractivity contribution in [3.05, 3.63) is 63.6 Å². The Morgan fingerprint density at radius 3 is 2.63 bits per heavy atom. The number of benzene rings is 2. The standard InChI is InChI=1S/C19H20BrClN2O3S/c20-15-5-3-4-14(12-15)13-22-19(24)18-6-1-2-11-23(18)27(25,26)17-9-7-16(21)8-10-17/h3-5,7-10,12,18H,1-2,6,11,13H2,(H,22,24)/t18-/m1/s1. The first-order chi connectivity index (χ1) is 12.9. The Morgan fingerprint density at radius 2 is 1.93 bits per heavy atom. The zero-order valence-electron chi connectivity index (χ0n) is 14.6. The molecule has 0 unspecified atom stereocenters. The van der Waals surface area contributed by atoms with Crippen LogP contribution in [-0.2, 0) is 21.4 Å². The van der Waals surface area contributed by atoms with Crippen LogP contribution in [-0.4, -0.2) is 31.2 Å². The predicted octanol–water partition coefficient (Wildman–Crippen LogP) is 3.96. The molecule has 2 aromatic rings. The van der Waals surface area contributed by atoms with Crippen molar-refractivity contribution in [1.82, 2.24) is 9.62 Å². The number of amides is 1. The number of halogens is 2. The third kappa shape index (κ3) is 4.90. The van der Waals surface area contributed by atoms with Gasteiger partial charge in [0.2, 0.25) is 15.9 Å². The SMILES string of the molecule is O=C(NCc1cccc(Br)c1)[C@H]1CCCCN1S(=O)(=O)c1ccc(Cl)cc1. The van der Waals surface area contributed by atoms with E-state index in [1.54, 1.807) is 12.1 Å². The number of rotatable bonds is 5. The fraction of sp³-hybridized carbons (Fsp3) is 0.316. The average molecular weight is 472 g/mol. The highest BCUT2D eigenvalue weighted by molar-refractivity contribution is 9.10. The second-order valence-electron chi connectivity index (χ2n) is 6.43. The van der Waals surface area contributed by atoms with Crippen LogP contribution in [0.2, 0.25) is 5.02 Å². The molecule has 1 N–H and O–H groups in total. The van der Waals surface area contributed by atoms with Crippen LogP contribution in [0.5, 0.6) is 0 Å². The fourth-order valence-corrected chi connectivity index (χ4v) is 5.38. The number of nitrogens with one attached hydrogen (secondary N) is 1. The molecule has 5 nitrogen and oxygen atoms in total. The molecular weight excluding hydrogens is 452 g/mol. The molecule has 1 amide bonds. The summed E-state index contributed by atoms with van der Waals surface area (Å²) in [4.78, 5) is 12.9. The number of hydrogen-bond acceptors (Lipinski definition) is 3. The van der Waals surface area contributed by atoms with E-state index >= 15 is 0 Å². The summed E-state index contributed by atoms with van der Waals surface area (Å²) in [5.74, 6) is -0.271. The van der Waals surface area contributed by atoms with Crippen molar-refractivity contribution in [3.63, 3.8) is 0 Å². The van der Waals surface area contributed by atoms with Gasteiger partial charge in [0.05, 0.1) is 4.90 Å². The van der Waals surface area contributed by atoms with E-state index in [-0.39, 0.29) is 10.8 Å². The topological polar surface area (TPSA) is 66.5 Å². The molecule has 0 spiro atoms. The second-order valence-corrected chi connectivity index (χ2v) is 9.67. The van der Waals surface area contributed by atoms with Gasteiger partial charge in [-0.25, -0.2) is 8.42 Å². The lowest BCUT2D eigenvalue weighted by molar-refractivity contribution is -0.125. The summed E-state index contributed by atoms with van der Waals surface area (Å²) in [6, 6.07) is 13.0. The van der Waals surface area contributed by atoms with E-state index in [1.807, 2.05) is 24.3 Å². The lowest BCUT2D eigenvalue weighted by Crippen LogP contribution is -2.51. The second kappa shape index (κ2) is 8.73. The molecule has 0 aromatic heterocycles. The van der Waals surface area contributed by atoms with Gasteiger partial charge in [-0.15, -0.1) is 0 Å². The lowest BCUT2D eigenvalue weighted by atomic mass is 10.0. The van der Waals surface area contributed by atoms with Crippen molar-refractivity contribution in [1.29, 1.82) is 0 Å². The van der Waals surface area contributed by atoms with E-state index in [4.69, 9.17) is 11.6 Å². The minimum atomic E-state index is -3.76. The third-order valence-corrected chi connectivity index (χ3v) is 7.20. The Labute approximate surface area is 172 Å². The van der Waals surface area contributed by atoms with Crippen molar-refractivity contribution < 1.29 is 13.2 Å². The molecule has 2 aromatic carbocycles. The van der Waals surface area contributed by atoms with E-state index < -0.39 is 16.1 Å². The van der Waals surface area contributed by atoms with Gasteiger partial charge < -0.3 is 5.32 Å². The molecule has 3 rings (SSSR count). The molecular formula is C19H20BrClN2O3S. The number of nitrogens with zero attached hydrogens (tertiary/aromatic N) is 1. The van der Waals surface area contributed by atoms with Gasteiger partial charge in [-0.1, -0.05) is 46.1 Å². The maximum absolute atomic E-state index is 13.0. The predicted molar refractivity (Wildman–Crippen MR) is 109 cm³/mol. The minimum absolute atomic E-state index is 0.151. The van der Waals surface area contributed by atoms with Gasteiger partial charge in [-0.2, -0.15) is 4.31 Å². The summed E-state index contributed by atoms with van der Waals surface area (Å²) in [7, 11) is -3.76. The van der Waals surface area contributed by atoms with E-state index in [0.717, 1.165) is 22.9 Å². The van der Waals surface area contributed by atoms with Crippen LogP contribution in [0.15, 0.2) is 57.9 Å². The minimum Gasteiger partial charge on any atom is -0.351 e. The van der Waals surface area contributed by atoms with Crippen molar-refractivity contribution in [2.24, 2.45) is 0 Å². The maximum Gasteiger partial charge on any atom is 0.243 e. The van der Waals surface area contributed by atoms with Crippen molar-refractivity contribution >= 4 is 43.5 Å². The van der Waals surface area contributed by atoms with Crippen molar-refractivity contribution in [2.45, 2.75) is 36.7 Å². The van der Waals surface area contributed by atoms with Gasteiger partial charge in [0, 0.05) is 22.6 Å². The molecule has 0 aliphatic carbocycles. The molecule has 1 heterocycles. The van der Waals surface area contributed by atoms with E-state index in [1.165, 1.54) is 16.4 Å².